The van der Waals surface area contributed by atoms with Crippen molar-refractivity contribution in [2.45, 2.75) is 10.6 Å². The third kappa shape index (κ3) is 3.86. The molecule has 1 N–H and O–H groups in total. The molecule has 4 rings (SSSR count). The number of aromatic nitrogens is 2. The number of rotatable bonds is 6. The van der Waals surface area contributed by atoms with Crippen LogP contribution in [-0.4, -0.2) is 32.6 Å². The summed E-state index contributed by atoms with van der Waals surface area (Å²) in [5, 5.41) is 0.487. The van der Waals surface area contributed by atoms with E-state index in [9.17, 15) is 8.42 Å². The number of para-hydroxylation sites is 2. The van der Waals surface area contributed by atoms with Crippen LogP contribution in [0.4, 0.5) is 0 Å². The van der Waals surface area contributed by atoms with Crippen LogP contribution in [0.25, 0.3) is 22.4 Å². The van der Waals surface area contributed by atoms with Gasteiger partial charge in [-0.3, -0.25) is 0 Å². The number of sulfone groups is 1. The summed E-state index contributed by atoms with van der Waals surface area (Å²) in [6.45, 7) is 0. The van der Waals surface area contributed by atoms with Gasteiger partial charge in [-0.05, 0) is 42.0 Å². The van der Waals surface area contributed by atoms with Gasteiger partial charge in [-0.1, -0.05) is 29.8 Å². The van der Waals surface area contributed by atoms with Gasteiger partial charge in [-0.15, -0.1) is 0 Å². The number of hydrogen-bond donors (Lipinski definition) is 1. The zero-order chi connectivity index (χ0) is 21.3. The van der Waals surface area contributed by atoms with E-state index in [2.05, 4.69) is 9.97 Å². The molecule has 0 spiro atoms. The molecule has 1 heterocycles. The average Bonchev–Trinajstić information content (AvgIpc) is 3.18. The second-order valence-corrected chi connectivity index (χ2v) is 9.09. The van der Waals surface area contributed by atoms with Gasteiger partial charge in [0.2, 0.25) is 0 Å². The molecule has 0 radical (unpaired) electrons. The fourth-order valence-corrected chi connectivity index (χ4v) is 4.79. The van der Waals surface area contributed by atoms with E-state index in [1.54, 1.807) is 24.3 Å². The molecular weight excluding hydrogens is 424 g/mol. The first-order valence-corrected chi connectivity index (χ1v) is 11.1. The lowest BCUT2D eigenvalue weighted by Crippen LogP contribution is -2.06. The number of imidazole rings is 1. The van der Waals surface area contributed by atoms with Crippen LogP contribution in [0.5, 0.6) is 11.5 Å². The molecule has 0 aliphatic rings. The Labute approximate surface area is 179 Å². The molecule has 0 saturated heterocycles. The van der Waals surface area contributed by atoms with Crippen LogP contribution in [0.15, 0.2) is 65.6 Å². The lowest BCUT2D eigenvalue weighted by Gasteiger charge is -2.11. The zero-order valence-corrected chi connectivity index (χ0v) is 17.9. The highest BCUT2D eigenvalue weighted by molar-refractivity contribution is 7.90. The topological polar surface area (TPSA) is 81.3 Å². The molecule has 1 aromatic heterocycles. The highest BCUT2D eigenvalue weighted by atomic mass is 35.5. The number of fused-ring (bicyclic) bond motifs is 1. The van der Waals surface area contributed by atoms with Crippen molar-refractivity contribution in [2.24, 2.45) is 0 Å². The predicted octanol–water partition coefficient (Wildman–Crippen LogP) is 4.87. The molecule has 0 saturated carbocycles. The van der Waals surface area contributed by atoms with E-state index in [4.69, 9.17) is 21.1 Å². The fourth-order valence-electron chi connectivity index (χ4n) is 3.24. The number of nitrogens with one attached hydrogen (secondary N) is 1. The van der Waals surface area contributed by atoms with E-state index in [0.29, 0.717) is 33.5 Å². The fraction of sp³-hybridized carbons (Fsp3) is 0.136. The van der Waals surface area contributed by atoms with E-state index < -0.39 is 9.84 Å². The number of benzene rings is 3. The largest absolute Gasteiger partial charge is 0.493 e. The maximum absolute atomic E-state index is 13.0. The van der Waals surface area contributed by atoms with E-state index in [1.807, 2.05) is 24.3 Å². The first-order valence-electron chi connectivity index (χ1n) is 9.09. The van der Waals surface area contributed by atoms with Crippen LogP contribution in [-0.2, 0) is 15.6 Å². The first-order chi connectivity index (χ1) is 14.4. The number of ether oxygens (including phenoxy) is 2. The molecule has 0 unspecified atom stereocenters. The Bertz CT molecular complexity index is 1300. The van der Waals surface area contributed by atoms with E-state index in [-0.39, 0.29) is 10.6 Å². The Morgan fingerprint density at radius 2 is 1.73 bits per heavy atom. The molecule has 0 bridgehead atoms. The van der Waals surface area contributed by atoms with Crippen molar-refractivity contribution in [3.63, 3.8) is 0 Å². The first kappa shape index (κ1) is 20.3. The summed E-state index contributed by atoms with van der Waals surface area (Å²) in [6, 6.07) is 17.3. The molecule has 6 nitrogen and oxygen atoms in total. The van der Waals surface area contributed by atoms with Gasteiger partial charge in [0, 0.05) is 11.6 Å². The van der Waals surface area contributed by atoms with Gasteiger partial charge in [0.05, 0.1) is 40.9 Å². The number of hydrogen-bond acceptors (Lipinski definition) is 5. The summed E-state index contributed by atoms with van der Waals surface area (Å²) < 4.78 is 36.4. The van der Waals surface area contributed by atoms with Gasteiger partial charge >= 0.3 is 0 Å². The number of halogens is 1. The molecule has 0 amide bonds. The van der Waals surface area contributed by atoms with E-state index in [1.165, 1.54) is 26.4 Å². The normalized spacial score (nSPS) is 11.6. The van der Waals surface area contributed by atoms with Gasteiger partial charge in [0.25, 0.3) is 0 Å². The minimum absolute atomic E-state index is 0.153. The second kappa shape index (κ2) is 8.01. The van der Waals surface area contributed by atoms with Crippen molar-refractivity contribution >= 4 is 32.5 Å². The van der Waals surface area contributed by atoms with Crippen LogP contribution in [0.1, 0.15) is 5.56 Å². The Kier molecular flexibility index (Phi) is 5.40. The molecule has 0 fully saturated rings. The van der Waals surface area contributed by atoms with Crippen LogP contribution in [0.3, 0.4) is 0 Å². The number of H-pyrrole nitrogens is 1. The van der Waals surface area contributed by atoms with Crippen molar-refractivity contribution in [1.29, 1.82) is 0 Å². The van der Waals surface area contributed by atoms with Gasteiger partial charge in [-0.25, -0.2) is 13.4 Å². The third-order valence-corrected chi connectivity index (χ3v) is 6.76. The number of nitrogens with zero attached hydrogens (tertiary/aromatic N) is 1. The second-order valence-electron chi connectivity index (χ2n) is 6.69. The monoisotopic (exact) mass is 442 g/mol. The lowest BCUT2D eigenvalue weighted by atomic mass is 10.1. The van der Waals surface area contributed by atoms with Gasteiger partial charge in [-0.2, -0.15) is 0 Å². The van der Waals surface area contributed by atoms with Crippen molar-refractivity contribution in [3.8, 4) is 22.9 Å². The van der Waals surface area contributed by atoms with Gasteiger partial charge < -0.3 is 14.5 Å². The Morgan fingerprint density at radius 1 is 0.967 bits per heavy atom. The summed E-state index contributed by atoms with van der Waals surface area (Å²) in [4.78, 5) is 7.94. The lowest BCUT2D eigenvalue weighted by molar-refractivity contribution is 0.354. The average molecular weight is 443 g/mol. The molecule has 8 heteroatoms. The third-order valence-electron chi connectivity index (χ3n) is 4.75. The Hall–Kier alpha value is -3.03. The van der Waals surface area contributed by atoms with E-state index >= 15 is 0 Å². The predicted molar refractivity (Wildman–Crippen MR) is 117 cm³/mol. The molecule has 0 aliphatic carbocycles. The molecule has 3 aromatic carbocycles. The molecule has 30 heavy (non-hydrogen) atoms. The molecule has 4 aromatic rings. The summed E-state index contributed by atoms with van der Waals surface area (Å²) in [5.74, 6) is 1.23. The standard InChI is InChI=1S/C22H19ClN2O4S/c1-28-20-10-8-15(12-21(20)29-2)30(26,27)13-14-7-9-17(23)16(11-14)22-24-18-5-3-4-6-19(18)25-22/h3-12H,13H2,1-2H3,(H,24,25). The Morgan fingerprint density at radius 3 is 2.47 bits per heavy atom. The van der Waals surface area contributed by atoms with Crippen molar-refractivity contribution in [2.75, 3.05) is 14.2 Å². The summed E-state index contributed by atoms with van der Waals surface area (Å²) in [7, 11) is -0.652. The summed E-state index contributed by atoms with van der Waals surface area (Å²) in [5.41, 5.74) is 2.94. The van der Waals surface area contributed by atoms with Crippen LogP contribution in [0, 0.1) is 0 Å². The molecular formula is C22H19ClN2O4S. The van der Waals surface area contributed by atoms with Crippen molar-refractivity contribution in [1.82, 2.24) is 9.97 Å². The Balaban J connectivity index is 1.69. The quantitative estimate of drug-likeness (QED) is 0.460. The minimum Gasteiger partial charge on any atom is -0.493 e. The highest BCUT2D eigenvalue weighted by Crippen LogP contribution is 2.32. The molecule has 0 aliphatic heterocycles. The van der Waals surface area contributed by atoms with Gasteiger partial charge in [0.1, 0.15) is 5.82 Å². The summed E-state index contributed by atoms with van der Waals surface area (Å²) >= 11 is 6.38. The van der Waals surface area contributed by atoms with Crippen LogP contribution in [0.2, 0.25) is 5.02 Å². The van der Waals surface area contributed by atoms with E-state index in [0.717, 1.165) is 11.0 Å². The maximum Gasteiger partial charge on any atom is 0.182 e. The van der Waals surface area contributed by atoms with Crippen molar-refractivity contribution < 1.29 is 17.9 Å². The smallest absolute Gasteiger partial charge is 0.182 e. The highest BCUT2D eigenvalue weighted by Gasteiger charge is 2.19. The number of aromatic amines is 1. The molecule has 154 valence electrons. The van der Waals surface area contributed by atoms with Crippen molar-refractivity contribution in [3.05, 3.63) is 71.2 Å². The molecule has 0 atom stereocenters. The van der Waals surface area contributed by atoms with Gasteiger partial charge in [0.15, 0.2) is 21.3 Å². The maximum atomic E-state index is 13.0. The SMILES string of the molecule is COc1ccc(S(=O)(=O)Cc2ccc(Cl)c(-c3nc4ccccc4[nH]3)c2)cc1OC. The summed E-state index contributed by atoms with van der Waals surface area (Å²) in [6.07, 6.45) is 0. The van der Waals surface area contributed by atoms with Crippen LogP contribution >= 0.6 is 11.6 Å². The zero-order valence-electron chi connectivity index (χ0n) is 16.3. The minimum atomic E-state index is -3.62. The van der Waals surface area contributed by atoms with Crippen LogP contribution < -0.4 is 9.47 Å². The number of methoxy groups -OCH3 is 2.